The Morgan fingerprint density at radius 3 is 2.24 bits per heavy atom. The zero-order valence-corrected chi connectivity index (χ0v) is 14.8. The predicted molar refractivity (Wildman–Crippen MR) is 94.9 cm³/mol. The maximum atomic E-state index is 14.6. The average molecular weight is 414 g/mol. The molecule has 0 saturated carbocycles. The van der Waals surface area contributed by atoms with E-state index in [1.165, 1.54) is 6.21 Å². The standard InChI is InChI=1S/C20H13F7N2/c1-10-8-28-19(29-9-10)12-6-16(23)18(17(24)7-12)11-4-14(21)13(15(22)5-11)2-3-20(25,26)27/h2-4,6-9,28H,5H2,1H3/b3-2+,18-11?,19-12?. The van der Waals surface area contributed by atoms with Crippen molar-refractivity contribution in [1.82, 2.24) is 5.32 Å². The van der Waals surface area contributed by atoms with E-state index < -0.39 is 46.7 Å². The number of nitrogens with zero attached hydrogens (tertiary/aromatic N) is 1. The lowest BCUT2D eigenvalue weighted by molar-refractivity contribution is -0.0798. The van der Waals surface area contributed by atoms with Gasteiger partial charge in [0.15, 0.2) is 0 Å². The molecule has 3 rings (SSSR count). The minimum absolute atomic E-state index is 0.0782. The summed E-state index contributed by atoms with van der Waals surface area (Å²) in [4.78, 5) is 4.01. The van der Waals surface area contributed by atoms with Gasteiger partial charge in [-0.05, 0) is 42.4 Å². The van der Waals surface area contributed by atoms with Gasteiger partial charge < -0.3 is 5.32 Å². The molecule has 0 bridgehead atoms. The Balaban J connectivity index is 2.08. The van der Waals surface area contributed by atoms with Gasteiger partial charge in [0.05, 0.1) is 0 Å². The Labute approximate surface area is 160 Å². The normalized spacial score (nSPS) is 17.7. The molecule has 0 atom stereocenters. The number of nitrogens with one attached hydrogen (secondary N) is 1. The van der Waals surface area contributed by atoms with Crippen molar-refractivity contribution in [2.75, 3.05) is 0 Å². The lowest BCUT2D eigenvalue weighted by Crippen LogP contribution is -2.26. The highest BCUT2D eigenvalue weighted by Crippen LogP contribution is 2.32. The van der Waals surface area contributed by atoms with Crippen LogP contribution in [-0.2, 0) is 0 Å². The molecule has 1 heterocycles. The maximum absolute atomic E-state index is 14.6. The molecular formula is C20H13F7N2. The summed E-state index contributed by atoms with van der Waals surface area (Å²) in [5, 5.41) is 2.18. The number of halogens is 7. The van der Waals surface area contributed by atoms with Crippen molar-refractivity contribution in [3.05, 3.63) is 81.4 Å². The van der Waals surface area contributed by atoms with Gasteiger partial charge in [-0.15, -0.1) is 0 Å². The van der Waals surface area contributed by atoms with E-state index in [4.69, 9.17) is 0 Å². The summed E-state index contributed by atoms with van der Waals surface area (Å²) in [7, 11) is 0. The number of aliphatic imine (C=N–C) groups is 1. The van der Waals surface area contributed by atoms with Crippen molar-refractivity contribution in [3.8, 4) is 0 Å². The molecule has 1 N–H and O–H groups in total. The van der Waals surface area contributed by atoms with E-state index in [1.807, 2.05) is 0 Å². The molecule has 0 saturated heterocycles. The Morgan fingerprint density at radius 1 is 1.07 bits per heavy atom. The second kappa shape index (κ2) is 7.73. The molecule has 29 heavy (non-hydrogen) atoms. The number of hydrogen-bond acceptors (Lipinski definition) is 2. The van der Waals surface area contributed by atoms with Crippen molar-refractivity contribution in [2.24, 2.45) is 4.99 Å². The molecule has 1 aromatic carbocycles. The van der Waals surface area contributed by atoms with Crippen LogP contribution in [0.5, 0.6) is 0 Å². The first-order valence-corrected chi connectivity index (χ1v) is 8.27. The van der Waals surface area contributed by atoms with Crippen LogP contribution in [0.15, 0.2) is 64.4 Å². The summed E-state index contributed by atoms with van der Waals surface area (Å²) in [6.45, 7) is 1.76. The molecule has 2 aliphatic rings. The zero-order chi connectivity index (χ0) is 21.3. The lowest BCUT2D eigenvalue weighted by atomic mass is 9.97. The van der Waals surface area contributed by atoms with Crippen LogP contribution in [0.4, 0.5) is 30.7 Å². The van der Waals surface area contributed by atoms with Gasteiger partial charge in [0, 0.05) is 40.9 Å². The first-order valence-electron chi connectivity index (χ1n) is 8.27. The second-order valence-corrected chi connectivity index (χ2v) is 6.34. The van der Waals surface area contributed by atoms with Gasteiger partial charge in [0.2, 0.25) is 0 Å². The third kappa shape index (κ3) is 4.67. The number of alkyl halides is 3. The number of allylic oxidation sites excluding steroid dienone is 7. The molecule has 0 fully saturated rings. The maximum Gasteiger partial charge on any atom is 0.409 e. The van der Waals surface area contributed by atoms with Crippen LogP contribution < -0.4 is 15.8 Å². The number of benzene rings is 1. The Hall–Kier alpha value is -3.10. The topological polar surface area (TPSA) is 24.4 Å². The molecule has 1 aliphatic carbocycles. The van der Waals surface area contributed by atoms with E-state index >= 15 is 0 Å². The minimum Gasteiger partial charge on any atom is -0.346 e. The SMILES string of the molecule is CC1=CNC(=c2cc(F)c(=C3C=C(F)C(/C=C/C(F)(F)F)=C(F)C3)c(F)c2)N=C1. The summed E-state index contributed by atoms with van der Waals surface area (Å²) in [5.41, 5.74) is -0.490. The fraction of sp³-hybridized carbons (Fsp3) is 0.150. The zero-order valence-electron chi connectivity index (χ0n) is 14.8. The Bertz CT molecular complexity index is 1100. The molecule has 0 aromatic heterocycles. The molecule has 152 valence electrons. The van der Waals surface area contributed by atoms with Gasteiger partial charge in [0.1, 0.15) is 29.1 Å². The predicted octanol–water partition coefficient (Wildman–Crippen LogP) is 4.36. The van der Waals surface area contributed by atoms with Gasteiger partial charge in [0.25, 0.3) is 0 Å². The van der Waals surface area contributed by atoms with Crippen molar-refractivity contribution in [1.29, 1.82) is 0 Å². The highest BCUT2D eigenvalue weighted by atomic mass is 19.4. The van der Waals surface area contributed by atoms with Crippen LogP contribution in [0.1, 0.15) is 13.3 Å². The molecule has 0 spiro atoms. The number of hydrogen-bond donors (Lipinski definition) is 1. The fourth-order valence-electron chi connectivity index (χ4n) is 2.78. The molecule has 1 aliphatic heterocycles. The van der Waals surface area contributed by atoms with E-state index in [-0.39, 0.29) is 28.8 Å². The van der Waals surface area contributed by atoms with E-state index in [9.17, 15) is 30.7 Å². The van der Waals surface area contributed by atoms with Gasteiger partial charge in [-0.25, -0.2) is 22.6 Å². The fourth-order valence-corrected chi connectivity index (χ4v) is 2.78. The van der Waals surface area contributed by atoms with E-state index in [0.717, 1.165) is 17.7 Å². The molecule has 1 aromatic rings. The third-order valence-electron chi connectivity index (χ3n) is 4.11. The van der Waals surface area contributed by atoms with Gasteiger partial charge in [-0.2, -0.15) is 13.2 Å². The molecular weight excluding hydrogens is 401 g/mol. The summed E-state index contributed by atoms with van der Waals surface area (Å²) < 4.78 is 94.1. The van der Waals surface area contributed by atoms with Crippen molar-refractivity contribution < 1.29 is 30.7 Å². The quantitative estimate of drug-likeness (QED) is 0.679. The molecule has 2 nitrogen and oxygen atoms in total. The largest absolute Gasteiger partial charge is 0.409 e. The first kappa shape index (κ1) is 20.6. The first-order chi connectivity index (χ1) is 13.5. The second-order valence-electron chi connectivity index (χ2n) is 6.34. The molecule has 0 unspecified atom stereocenters. The third-order valence-corrected chi connectivity index (χ3v) is 4.11. The summed E-state index contributed by atoms with van der Waals surface area (Å²) >= 11 is 0. The minimum atomic E-state index is -4.76. The van der Waals surface area contributed by atoms with Gasteiger partial charge >= 0.3 is 6.18 Å². The van der Waals surface area contributed by atoms with E-state index in [2.05, 4.69) is 10.3 Å². The van der Waals surface area contributed by atoms with Crippen LogP contribution in [0.25, 0.3) is 11.4 Å². The van der Waals surface area contributed by atoms with Crippen LogP contribution in [-0.4, -0.2) is 12.4 Å². The Morgan fingerprint density at radius 2 is 1.72 bits per heavy atom. The van der Waals surface area contributed by atoms with Gasteiger partial charge in [-0.3, -0.25) is 0 Å². The molecule has 9 heteroatoms. The summed E-state index contributed by atoms with van der Waals surface area (Å²) in [5.74, 6) is -4.62. The van der Waals surface area contributed by atoms with Crippen molar-refractivity contribution >= 4 is 17.6 Å². The Kier molecular flexibility index (Phi) is 5.50. The monoisotopic (exact) mass is 414 g/mol. The summed E-state index contributed by atoms with van der Waals surface area (Å²) in [6.07, 6.45) is -1.90. The van der Waals surface area contributed by atoms with Crippen molar-refractivity contribution in [3.63, 3.8) is 0 Å². The average Bonchev–Trinajstić information content (AvgIpc) is 2.60. The number of rotatable bonds is 1. The molecule has 0 radical (unpaired) electrons. The van der Waals surface area contributed by atoms with Crippen LogP contribution in [0.2, 0.25) is 0 Å². The van der Waals surface area contributed by atoms with Crippen LogP contribution in [0.3, 0.4) is 0 Å². The highest BCUT2D eigenvalue weighted by molar-refractivity contribution is 5.83. The van der Waals surface area contributed by atoms with Crippen LogP contribution >= 0.6 is 0 Å². The molecule has 0 amide bonds. The smallest absolute Gasteiger partial charge is 0.346 e. The van der Waals surface area contributed by atoms with Gasteiger partial charge in [-0.1, -0.05) is 0 Å². The van der Waals surface area contributed by atoms with E-state index in [0.29, 0.717) is 6.08 Å². The van der Waals surface area contributed by atoms with Crippen molar-refractivity contribution in [2.45, 2.75) is 19.5 Å². The summed E-state index contributed by atoms with van der Waals surface area (Å²) in [6, 6.07) is 1.90. The lowest BCUT2D eigenvalue weighted by Gasteiger charge is -2.13. The van der Waals surface area contributed by atoms with E-state index in [1.54, 1.807) is 13.1 Å². The van der Waals surface area contributed by atoms with Crippen LogP contribution in [0, 0.1) is 11.6 Å². The highest BCUT2D eigenvalue weighted by Gasteiger charge is 2.25.